The fourth-order valence-corrected chi connectivity index (χ4v) is 8.54. The third-order valence-corrected chi connectivity index (χ3v) is 12.6. The number of hydrogen-bond donors (Lipinski definition) is 2. The zero-order valence-corrected chi connectivity index (χ0v) is 45.1. The maximum atomic E-state index is 7.63. The summed E-state index contributed by atoms with van der Waals surface area (Å²) in [7, 11) is 0. The molecule has 446 valence electrons. The molecule has 0 amide bonds. The van der Waals surface area contributed by atoms with Gasteiger partial charge < -0.3 is 5.73 Å². The first kappa shape index (κ1) is 73.0. The van der Waals surface area contributed by atoms with Crippen LogP contribution >= 0.6 is 0 Å². The predicted octanol–water partition coefficient (Wildman–Crippen LogP) is 16.3. The molecule has 0 rings (SSSR count). The van der Waals surface area contributed by atoms with E-state index >= 15 is 0 Å². The van der Waals surface area contributed by atoms with E-state index in [1.165, 1.54) is 283 Å². The quantitative estimate of drug-likeness (QED) is 0.0326. The molecule has 3 N–H and O–H groups in total. The van der Waals surface area contributed by atoms with Crippen molar-refractivity contribution in [2.45, 2.75) is 302 Å². The Kier molecular flexibility index (Phi) is 71.0. The van der Waals surface area contributed by atoms with Gasteiger partial charge in [-0.2, -0.15) is 0 Å². The fraction of sp³-hybridized carbons (Fsp3) is 1.00. The van der Waals surface area contributed by atoms with Gasteiger partial charge in [-0.15, -0.1) is 0 Å². The first-order valence-electron chi connectivity index (χ1n) is 28.5. The maximum Gasteiger partial charge on any atom is 0.0855 e. The Labute approximate surface area is 440 Å². The number of rotatable bonds is 71. The minimum absolute atomic E-state index is 0.284. The smallest absolute Gasteiger partial charge is 0.0855 e. The lowest BCUT2D eigenvalue weighted by atomic mass is 10.0. The SMILES string of the molecule is NCCCCCCCCCCCCCCCCCCCCCCCCCCCCCCCCCCCCCCCCCCCCCCCCCOOOOOOOOOOOOOOOOOOOOOOOO. The number of hydrogen-bond acceptors (Lipinski definition) is 25. The van der Waals surface area contributed by atoms with Crippen molar-refractivity contribution in [2.75, 3.05) is 13.2 Å². The summed E-state index contributed by atoms with van der Waals surface area (Å²) in [4.78, 5) is 4.75. The summed E-state index contributed by atoms with van der Waals surface area (Å²) >= 11 is 0. The molecule has 0 atom stereocenters. The van der Waals surface area contributed by atoms with Crippen molar-refractivity contribution in [2.24, 2.45) is 5.73 Å². The van der Waals surface area contributed by atoms with Crippen LogP contribution in [-0.2, 0) is 116 Å². The Morgan fingerprint density at radius 3 is 0.459 bits per heavy atom. The molecule has 0 aliphatic carbocycles. The fourth-order valence-electron chi connectivity index (χ4n) is 8.54. The molecule has 0 saturated heterocycles. The summed E-state index contributed by atoms with van der Waals surface area (Å²) in [6.07, 6.45) is 65.2. The van der Waals surface area contributed by atoms with Crippen LogP contribution in [0.4, 0.5) is 0 Å². The van der Waals surface area contributed by atoms with Crippen LogP contribution in [0.1, 0.15) is 302 Å². The molecular formula is C49H101NO24. The Morgan fingerprint density at radius 1 is 0.162 bits per heavy atom. The Hall–Kier alpha value is -1.00. The molecule has 0 spiro atoms. The van der Waals surface area contributed by atoms with E-state index in [0.29, 0.717) is 0 Å². The van der Waals surface area contributed by atoms with Gasteiger partial charge in [0.05, 0.1) is 6.61 Å². The second-order valence-corrected chi connectivity index (χ2v) is 18.7. The van der Waals surface area contributed by atoms with Gasteiger partial charge in [0.25, 0.3) is 0 Å². The minimum atomic E-state index is 0.284. The molecule has 0 unspecified atom stereocenters. The first-order chi connectivity index (χ1) is 36.9. The lowest BCUT2D eigenvalue weighted by Crippen LogP contribution is -2.06. The number of nitrogens with two attached hydrogens (primary N) is 1. The molecule has 0 heterocycles. The molecule has 0 aromatic carbocycles. The van der Waals surface area contributed by atoms with E-state index in [2.05, 4.69) is 111 Å². The first-order valence-corrected chi connectivity index (χ1v) is 28.5. The average Bonchev–Trinajstić information content (AvgIpc) is 3.41. The highest BCUT2D eigenvalue weighted by atomic mass is 18.0. The highest BCUT2D eigenvalue weighted by Crippen LogP contribution is 2.19. The van der Waals surface area contributed by atoms with Gasteiger partial charge in [0.1, 0.15) is 0 Å². The molecule has 0 saturated carbocycles. The molecule has 0 aromatic rings. The zero-order valence-electron chi connectivity index (χ0n) is 45.1. The van der Waals surface area contributed by atoms with Crippen LogP contribution < -0.4 is 5.73 Å². The minimum Gasteiger partial charge on any atom is -0.330 e. The lowest BCUT2D eigenvalue weighted by molar-refractivity contribution is -0.899. The van der Waals surface area contributed by atoms with Gasteiger partial charge in [0, 0.05) is 30.2 Å². The number of unbranched alkanes of at least 4 members (excludes halogenated alkanes) is 46. The molecule has 0 fully saturated rings. The Bertz CT molecular complexity index is 891. The van der Waals surface area contributed by atoms with Crippen LogP contribution in [-0.4, -0.2) is 18.4 Å². The van der Waals surface area contributed by atoms with E-state index in [4.69, 9.17) is 15.9 Å². The van der Waals surface area contributed by atoms with Crippen molar-refractivity contribution in [3.05, 3.63) is 0 Å². The van der Waals surface area contributed by atoms with Gasteiger partial charge in [-0.3, -0.25) is 0 Å². The summed E-state index contributed by atoms with van der Waals surface area (Å²) < 4.78 is 0. The van der Waals surface area contributed by atoms with Crippen LogP contribution in [0.25, 0.3) is 0 Å². The molecule has 0 aliphatic heterocycles. The summed E-state index contributed by atoms with van der Waals surface area (Å²) in [6.45, 7) is 1.14. The van der Waals surface area contributed by atoms with Gasteiger partial charge >= 0.3 is 0 Å². The highest BCUT2D eigenvalue weighted by molar-refractivity contribution is 4.54. The van der Waals surface area contributed by atoms with Crippen LogP contribution in [0.15, 0.2) is 0 Å². The zero-order chi connectivity index (χ0) is 52.9. The molecule has 0 bridgehead atoms. The van der Waals surface area contributed by atoms with Gasteiger partial charge in [-0.1, -0.05) is 289 Å². The van der Waals surface area contributed by atoms with Crippen molar-refractivity contribution in [3.63, 3.8) is 0 Å². The summed E-state index contributed by atoms with van der Waals surface area (Å²) in [5.74, 6) is 0. The van der Waals surface area contributed by atoms with E-state index in [9.17, 15) is 0 Å². The highest BCUT2D eigenvalue weighted by Gasteiger charge is 2.03. The third-order valence-electron chi connectivity index (χ3n) is 12.6. The predicted molar refractivity (Wildman–Crippen MR) is 259 cm³/mol. The van der Waals surface area contributed by atoms with E-state index in [-0.39, 0.29) is 6.61 Å². The van der Waals surface area contributed by atoms with Gasteiger partial charge in [-0.25, -0.2) is 10.1 Å². The molecular weight excluding hydrogens is 987 g/mol. The van der Waals surface area contributed by atoms with E-state index < -0.39 is 0 Å². The van der Waals surface area contributed by atoms with Crippen LogP contribution in [0, 0.1) is 0 Å². The van der Waals surface area contributed by atoms with Crippen molar-refractivity contribution in [3.8, 4) is 0 Å². The molecule has 0 radical (unpaired) electrons. The van der Waals surface area contributed by atoms with Crippen LogP contribution in [0.2, 0.25) is 0 Å². The molecule has 25 heteroatoms. The van der Waals surface area contributed by atoms with Crippen LogP contribution in [0.3, 0.4) is 0 Å². The standard InChI is InChI=1S/C49H101NO24/c50-48-46-44-42-40-38-36-34-32-30-28-26-24-22-20-18-16-14-12-10-8-6-4-2-1-3-5-7-9-11-13-15-17-19-21-23-25-27-29-31-33-35-37-39-41-43-45-47-49-52-54-56-58-60-62-64-66-68-70-72-74-73-71-69-67-65-63-61-59-57-55-53-51/h51H,1-50H2. The van der Waals surface area contributed by atoms with Gasteiger partial charge in [-0.05, 0) is 100.0 Å². The average molecular weight is 1090 g/mol. The second-order valence-electron chi connectivity index (χ2n) is 18.7. The van der Waals surface area contributed by atoms with Crippen molar-refractivity contribution in [1.82, 2.24) is 0 Å². The van der Waals surface area contributed by atoms with Crippen LogP contribution in [0.5, 0.6) is 0 Å². The largest absolute Gasteiger partial charge is 0.330 e. The lowest BCUT2D eigenvalue weighted by Gasteiger charge is -2.05. The Morgan fingerprint density at radius 2 is 0.297 bits per heavy atom. The topological polar surface area (TPSA) is 259 Å². The van der Waals surface area contributed by atoms with Crippen molar-refractivity contribution in [1.29, 1.82) is 0 Å². The van der Waals surface area contributed by atoms with Gasteiger partial charge in [0.15, 0.2) is 0 Å². The second kappa shape index (κ2) is 72.0. The van der Waals surface area contributed by atoms with E-state index in [1.807, 2.05) is 0 Å². The van der Waals surface area contributed by atoms with Crippen molar-refractivity contribution >= 4 is 0 Å². The molecule has 74 heavy (non-hydrogen) atoms. The molecule has 0 aromatic heterocycles. The van der Waals surface area contributed by atoms with E-state index in [1.54, 1.807) is 0 Å². The van der Waals surface area contributed by atoms with E-state index in [0.717, 1.165) is 25.8 Å². The summed E-state index contributed by atoms with van der Waals surface area (Å²) in [5.41, 5.74) is 5.57. The normalized spacial score (nSPS) is 11.8. The van der Waals surface area contributed by atoms with Gasteiger partial charge in [0.2, 0.25) is 0 Å². The molecule has 25 nitrogen and oxygen atoms in total. The Balaban J connectivity index is 3.07. The molecule has 0 aliphatic rings. The van der Waals surface area contributed by atoms with Crippen molar-refractivity contribution < 1.29 is 121 Å². The summed E-state index contributed by atoms with van der Waals surface area (Å²) in [5, 5.41) is 87.3. The third kappa shape index (κ3) is 71.0. The summed E-state index contributed by atoms with van der Waals surface area (Å²) in [6, 6.07) is 0. The monoisotopic (exact) mass is 1090 g/mol. The maximum absolute atomic E-state index is 7.63.